The fourth-order valence-electron chi connectivity index (χ4n) is 2.02. The van der Waals surface area contributed by atoms with E-state index in [2.05, 4.69) is 29.8 Å². The molecule has 1 saturated carbocycles. The molecule has 0 aromatic heterocycles. The van der Waals surface area contributed by atoms with Crippen LogP contribution in [0.25, 0.3) is 0 Å². The van der Waals surface area contributed by atoms with E-state index in [1.165, 1.54) is 6.07 Å². The number of benzene rings is 1. The van der Waals surface area contributed by atoms with Crippen LogP contribution in [0, 0.1) is 11.2 Å². The van der Waals surface area contributed by atoms with Gasteiger partial charge >= 0.3 is 0 Å². The lowest BCUT2D eigenvalue weighted by Crippen LogP contribution is -2.06. The summed E-state index contributed by atoms with van der Waals surface area (Å²) >= 11 is 3.34. The predicted molar refractivity (Wildman–Crippen MR) is 58.6 cm³/mol. The summed E-state index contributed by atoms with van der Waals surface area (Å²) in [6, 6.07) is 5.10. The molecule has 1 fully saturated rings. The van der Waals surface area contributed by atoms with Crippen molar-refractivity contribution in [1.29, 1.82) is 0 Å². The molecule has 0 unspecified atom stereocenters. The molecule has 2 rings (SSSR count). The van der Waals surface area contributed by atoms with Gasteiger partial charge in [-0.3, -0.25) is 0 Å². The van der Waals surface area contributed by atoms with Crippen molar-refractivity contribution in [3.05, 3.63) is 34.1 Å². The Morgan fingerprint density at radius 2 is 2.00 bits per heavy atom. The molecule has 2 atom stereocenters. The second kappa shape index (κ2) is 3.04. The van der Waals surface area contributed by atoms with E-state index in [4.69, 9.17) is 5.73 Å². The minimum absolute atomic E-state index is 0.0294. The molecule has 14 heavy (non-hydrogen) atoms. The molecule has 1 aromatic carbocycles. The third kappa shape index (κ3) is 1.39. The van der Waals surface area contributed by atoms with Gasteiger partial charge in [-0.05, 0) is 29.2 Å². The van der Waals surface area contributed by atoms with E-state index in [0.29, 0.717) is 0 Å². The molecule has 76 valence electrons. The maximum atomic E-state index is 13.5. The van der Waals surface area contributed by atoms with Crippen LogP contribution in [0.3, 0.4) is 0 Å². The van der Waals surface area contributed by atoms with E-state index in [0.717, 1.165) is 10.0 Å². The zero-order chi connectivity index (χ0) is 10.5. The van der Waals surface area contributed by atoms with Gasteiger partial charge in [0.05, 0.1) is 0 Å². The van der Waals surface area contributed by atoms with E-state index in [-0.39, 0.29) is 23.2 Å². The van der Waals surface area contributed by atoms with Gasteiger partial charge in [-0.15, -0.1) is 0 Å². The lowest BCUT2D eigenvalue weighted by atomic mass is 10.0. The normalized spacial score (nSPS) is 28.9. The monoisotopic (exact) mass is 257 g/mol. The molecule has 0 aliphatic heterocycles. The highest BCUT2D eigenvalue weighted by Crippen LogP contribution is 2.57. The molecule has 1 nitrogen and oxygen atoms in total. The highest BCUT2D eigenvalue weighted by Gasteiger charge is 2.56. The van der Waals surface area contributed by atoms with Crippen LogP contribution in [-0.4, -0.2) is 6.04 Å². The fourth-order valence-corrected chi connectivity index (χ4v) is 2.40. The summed E-state index contributed by atoms with van der Waals surface area (Å²) in [6.45, 7) is 4.14. The van der Waals surface area contributed by atoms with Crippen molar-refractivity contribution >= 4 is 15.9 Å². The predicted octanol–water partition coefficient (Wildman–Crippen LogP) is 3.04. The topological polar surface area (TPSA) is 26.0 Å². The zero-order valence-electron chi connectivity index (χ0n) is 8.22. The smallest absolute Gasteiger partial charge is 0.126 e. The van der Waals surface area contributed by atoms with E-state index in [9.17, 15) is 4.39 Å². The van der Waals surface area contributed by atoms with Crippen LogP contribution >= 0.6 is 15.9 Å². The summed E-state index contributed by atoms with van der Waals surface area (Å²) in [7, 11) is 0. The van der Waals surface area contributed by atoms with Gasteiger partial charge in [0.25, 0.3) is 0 Å². The van der Waals surface area contributed by atoms with Gasteiger partial charge in [0, 0.05) is 16.4 Å². The molecule has 0 radical (unpaired) electrons. The van der Waals surface area contributed by atoms with Gasteiger partial charge in [-0.1, -0.05) is 29.8 Å². The van der Waals surface area contributed by atoms with Crippen molar-refractivity contribution < 1.29 is 4.39 Å². The quantitative estimate of drug-likeness (QED) is 0.823. The Kier molecular flexibility index (Phi) is 2.20. The minimum Gasteiger partial charge on any atom is -0.327 e. The average Bonchev–Trinajstić information content (AvgIpc) is 2.58. The molecular weight excluding hydrogens is 245 g/mol. The summed E-state index contributed by atoms with van der Waals surface area (Å²) in [4.78, 5) is 0. The van der Waals surface area contributed by atoms with Crippen molar-refractivity contribution in [2.24, 2.45) is 11.1 Å². The lowest BCUT2D eigenvalue weighted by Gasteiger charge is -2.04. The average molecular weight is 258 g/mol. The lowest BCUT2D eigenvalue weighted by molar-refractivity contribution is 0.571. The Hall–Kier alpha value is -0.410. The number of hydrogen-bond acceptors (Lipinski definition) is 1. The third-order valence-electron chi connectivity index (χ3n) is 3.20. The molecule has 1 aliphatic carbocycles. The molecule has 2 N–H and O–H groups in total. The Bertz CT molecular complexity index is 376. The Morgan fingerprint density at radius 3 is 2.50 bits per heavy atom. The first-order valence-electron chi connectivity index (χ1n) is 4.65. The van der Waals surface area contributed by atoms with Crippen molar-refractivity contribution in [3.8, 4) is 0 Å². The Balaban J connectivity index is 2.39. The van der Waals surface area contributed by atoms with Crippen LogP contribution in [0.15, 0.2) is 22.7 Å². The Morgan fingerprint density at radius 1 is 1.43 bits per heavy atom. The third-order valence-corrected chi connectivity index (χ3v) is 3.70. The van der Waals surface area contributed by atoms with Crippen molar-refractivity contribution in [3.63, 3.8) is 0 Å². The zero-order valence-corrected chi connectivity index (χ0v) is 9.81. The van der Waals surface area contributed by atoms with Crippen molar-refractivity contribution in [2.45, 2.75) is 25.8 Å². The van der Waals surface area contributed by atoms with Crippen LogP contribution in [0.5, 0.6) is 0 Å². The van der Waals surface area contributed by atoms with Gasteiger partial charge in [0.2, 0.25) is 0 Å². The maximum Gasteiger partial charge on any atom is 0.126 e. The summed E-state index contributed by atoms with van der Waals surface area (Å²) in [5, 5.41) is 0. The fraction of sp³-hybridized carbons (Fsp3) is 0.455. The van der Waals surface area contributed by atoms with E-state index in [1.54, 1.807) is 6.07 Å². The highest BCUT2D eigenvalue weighted by atomic mass is 79.9. The summed E-state index contributed by atoms with van der Waals surface area (Å²) in [6.07, 6.45) is 0. The molecule has 1 aromatic rings. The molecule has 1 aliphatic rings. The highest BCUT2D eigenvalue weighted by molar-refractivity contribution is 9.10. The van der Waals surface area contributed by atoms with Gasteiger partial charge in [0.1, 0.15) is 5.82 Å². The summed E-state index contributed by atoms with van der Waals surface area (Å²) in [5.41, 5.74) is 6.68. The van der Waals surface area contributed by atoms with Crippen LogP contribution in [0.4, 0.5) is 4.39 Å². The molecular formula is C11H13BrFN. The Labute approximate surface area is 91.6 Å². The first-order chi connectivity index (χ1) is 6.44. The standard InChI is InChI=1S/C11H13BrFN/c1-11(2)9(10(11)14)7-5-6(12)3-4-8(7)13/h3-5,9-10H,14H2,1-2H3/t9-,10-/m1/s1. The minimum atomic E-state index is -0.153. The first kappa shape index (κ1) is 10.1. The molecule has 0 bridgehead atoms. The summed E-state index contributed by atoms with van der Waals surface area (Å²) in [5.74, 6) is -0.000718. The second-order valence-corrected chi connectivity index (χ2v) is 5.41. The first-order valence-corrected chi connectivity index (χ1v) is 5.44. The molecule has 0 amide bonds. The number of halogens is 2. The van der Waals surface area contributed by atoms with Crippen LogP contribution < -0.4 is 5.73 Å². The van der Waals surface area contributed by atoms with Crippen LogP contribution in [0.1, 0.15) is 25.3 Å². The van der Waals surface area contributed by atoms with E-state index < -0.39 is 0 Å². The molecule has 0 heterocycles. The van der Waals surface area contributed by atoms with E-state index in [1.807, 2.05) is 6.07 Å². The van der Waals surface area contributed by atoms with Crippen LogP contribution in [-0.2, 0) is 0 Å². The maximum absolute atomic E-state index is 13.5. The largest absolute Gasteiger partial charge is 0.327 e. The van der Waals surface area contributed by atoms with Gasteiger partial charge in [0.15, 0.2) is 0 Å². The second-order valence-electron chi connectivity index (χ2n) is 4.49. The van der Waals surface area contributed by atoms with E-state index >= 15 is 0 Å². The van der Waals surface area contributed by atoms with Gasteiger partial charge < -0.3 is 5.73 Å². The van der Waals surface area contributed by atoms with Crippen molar-refractivity contribution in [2.75, 3.05) is 0 Å². The van der Waals surface area contributed by atoms with Crippen molar-refractivity contribution in [1.82, 2.24) is 0 Å². The number of nitrogens with two attached hydrogens (primary N) is 1. The molecule has 3 heteroatoms. The SMILES string of the molecule is CC1(C)[C@H](N)[C@H]1c1cc(Br)ccc1F. The van der Waals surface area contributed by atoms with Gasteiger partial charge in [-0.2, -0.15) is 0 Å². The molecule has 0 spiro atoms. The number of rotatable bonds is 1. The van der Waals surface area contributed by atoms with Crippen LogP contribution in [0.2, 0.25) is 0 Å². The summed E-state index contributed by atoms with van der Waals surface area (Å²) < 4.78 is 14.4. The molecule has 0 saturated heterocycles. The van der Waals surface area contributed by atoms with Gasteiger partial charge in [-0.25, -0.2) is 4.39 Å². The number of hydrogen-bond donors (Lipinski definition) is 1.